The molecule has 3 aliphatic rings. The molecule has 0 aromatic carbocycles. The second-order valence-electron chi connectivity index (χ2n) is 7.04. The first-order valence-corrected chi connectivity index (χ1v) is 9.38. The molecule has 3 atom stereocenters. The van der Waals surface area contributed by atoms with Gasteiger partial charge >= 0.3 is 0 Å². The Bertz CT molecular complexity index is 288. The summed E-state index contributed by atoms with van der Waals surface area (Å²) in [5.74, 6) is 2.20. The van der Waals surface area contributed by atoms with E-state index >= 15 is 0 Å². The van der Waals surface area contributed by atoms with Gasteiger partial charge in [-0.15, -0.1) is 0 Å². The van der Waals surface area contributed by atoms with E-state index in [-0.39, 0.29) is 0 Å². The van der Waals surface area contributed by atoms with Crippen molar-refractivity contribution >= 4 is 11.8 Å². The number of hydrogen-bond donors (Lipinski definition) is 0. The van der Waals surface area contributed by atoms with Crippen molar-refractivity contribution in [3.05, 3.63) is 0 Å². The van der Waals surface area contributed by atoms with Crippen LogP contribution in [0.15, 0.2) is 0 Å². The summed E-state index contributed by atoms with van der Waals surface area (Å²) in [7, 11) is 0. The van der Waals surface area contributed by atoms with Crippen molar-refractivity contribution in [2.45, 2.75) is 63.3 Å². The molecular formula is C16H30N2S. The van der Waals surface area contributed by atoms with Crippen molar-refractivity contribution in [3.8, 4) is 0 Å². The van der Waals surface area contributed by atoms with Gasteiger partial charge in [-0.3, -0.25) is 9.80 Å². The van der Waals surface area contributed by atoms with Gasteiger partial charge in [0.25, 0.3) is 0 Å². The van der Waals surface area contributed by atoms with Crippen molar-refractivity contribution < 1.29 is 0 Å². The molecule has 0 N–H and O–H groups in total. The highest BCUT2D eigenvalue weighted by atomic mass is 32.2. The highest BCUT2D eigenvalue weighted by Crippen LogP contribution is 2.31. The summed E-state index contributed by atoms with van der Waals surface area (Å²) in [5.41, 5.74) is 0. The fourth-order valence-electron chi connectivity index (χ4n) is 4.16. The van der Waals surface area contributed by atoms with E-state index in [4.69, 9.17) is 0 Å². The highest BCUT2D eigenvalue weighted by molar-refractivity contribution is 7.99. The van der Waals surface area contributed by atoms with Gasteiger partial charge in [0.2, 0.25) is 0 Å². The molecule has 0 aliphatic carbocycles. The van der Waals surface area contributed by atoms with E-state index in [2.05, 4.69) is 35.4 Å². The SMILES string of the molecule is CC(C)C1CN2CCCC2CN1CC1CCCCS1. The summed E-state index contributed by atoms with van der Waals surface area (Å²) in [6.45, 7) is 10.2. The van der Waals surface area contributed by atoms with Crippen LogP contribution in [0, 0.1) is 5.92 Å². The molecule has 3 heteroatoms. The van der Waals surface area contributed by atoms with Crippen molar-refractivity contribution in [1.29, 1.82) is 0 Å². The molecule has 2 nitrogen and oxygen atoms in total. The maximum atomic E-state index is 2.86. The maximum absolute atomic E-state index is 2.86. The highest BCUT2D eigenvalue weighted by Gasteiger charge is 2.38. The fraction of sp³-hybridized carbons (Fsp3) is 1.00. The van der Waals surface area contributed by atoms with Crippen LogP contribution in [-0.4, -0.2) is 59.1 Å². The van der Waals surface area contributed by atoms with E-state index in [1.54, 1.807) is 0 Å². The van der Waals surface area contributed by atoms with Crippen LogP contribution >= 0.6 is 11.8 Å². The Kier molecular flexibility index (Phi) is 4.76. The number of fused-ring (bicyclic) bond motifs is 1. The molecular weight excluding hydrogens is 252 g/mol. The maximum Gasteiger partial charge on any atom is 0.0247 e. The summed E-state index contributed by atoms with van der Waals surface area (Å²) >= 11 is 2.24. The van der Waals surface area contributed by atoms with Gasteiger partial charge in [-0.25, -0.2) is 0 Å². The van der Waals surface area contributed by atoms with Crippen LogP contribution in [0.4, 0.5) is 0 Å². The predicted octanol–water partition coefficient (Wildman–Crippen LogP) is 3.08. The number of hydrogen-bond acceptors (Lipinski definition) is 3. The van der Waals surface area contributed by atoms with Gasteiger partial charge in [0.15, 0.2) is 0 Å². The zero-order chi connectivity index (χ0) is 13.2. The lowest BCUT2D eigenvalue weighted by atomic mass is 9.96. The van der Waals surface area contributed by atoms with Crippen LogP contribution in [0.1, 0.15) is 46.0 Å². The third-order valence-corrected chi connectivity index (χ3v) is 6.70. The normalized spacial score (nSPS) is 37.7. The van der Waals surface area contributed by atoms with Crippen LogP contribution < -0.4 is 0 Å². The molecule has 0 bridgehead atoms. The Labute approximate surface area is 123 Å². The molecule has 19 heavy (non-hydrogen) atoms. The number of thioether (sulfide) groups is 1. The second kappa shape index (κ2) is 6.36. The Balaban J connectivity index is 1.62. The number of piperazine rings is 1. The third-order valence-electron chi connectivity index (χ3n) is 5.32. The molecule has 3 rings (SSSR count). The second-order valence-corrected chi connectivity index (χ2v) is 8.45. The summed E-state index contributed by atoms with van der Waals surface area (Å²) < 4.78 is 0. The van der Waals surface area contributed by atoms with Gasteiger partial charge < -0.3 is 0 Å². The van der Waals surface area contributed by atoms with E-state index in [1.807, 2.05) is 0 Å². The van der Waals surface area contributed by atoms with Gasteiger partial charge in [-0.2, -0.15) is 11.8 Å². The Morgan fingerprint density at radius 2 is 2.00 bits per heavy atom. The zero-order valence-corrected chi connectivity index (χ0v) is 13.5. The first kappa shape index (κ1) is 14.2. The summed E-state index contributed by atoms with van der Waals surface area (Å²) in [4.78, 5) is 5.63. The minimum Gasteiger partial charge on any atom is -0.298 e. The lowest BCUT2D eigenvalue weighted by Gasteiger charge is -2.46. The smallest absolute Gasteiger partial charge is 0.0247 e. The first-order valence-electron chi connectivity index (χ1n) is 8.33. The topological polar surface area (TPSA) is 6.48 Å². The largest absolute Gasteiger partial charge is 0.298 e. The molecule has 3 unspecified atom stereocenters. The Morgan fingerprint density at radius 1 is 1.11 bits per heavy atom. The summed E-state index contributed by atoms with van der Waals surface area (Å²) in [6, 6.07) is 1.68. The standard InChI is InChI=1S/C16H30N2S/c1-13(2)16-12-17-8-5-6-14(17)10-18(16)11-15-7-3-4-9-19-15/h13-16H,3-12H2,1-2H3. The fourth-order valence-corrected chi connectivity index (χ4v) is 5.49. The Hall–Kier alpha value is 0.270. The molecule has 0 amide bonds. The van der Waals surface area contributed by atoms with Crippen molar-refractivity contribution in [1.82, 2.24) is 9.80 Å². The van der Waals surface area contributed by atoms with Crippen molar-refractivity contribution in [3.63, 3.8) is 0 Å². The van der Waals surface area contributed by atoms with Crippen LogP contribution in [0.5, 0.6) is 0 Å². The molecule has 0 aromatic heterocycles. The number of rotatable bonds is 3. The lowest BCUT2D eigenvalue weighted by Crippen LogP contribution is -2.59. The minimum absolute atomic E-state index is 0.801. The van der Waals surface area contributed by atoms with Crippen LogP contribution in [0.3, 0.4) is 0 Å². The molecule has 3 heterocycles. The molecule has 3 aliphatic heterocycles. The Morgan fingerprint density at radius 3 is 2.74 bits per heavy atom. The van der Waals surface area contributed by atoms with E-state index in [9.17, 15) is 0 Å². The quantitative estimate of drug-likeness (QED) is 0.785. The van der Waals surface area contributed by atoms with E-state index in [1.165, 1.54) is 64.0 Å². The molecule has 0 radical (unpaired) electrons. The molecule has 3 fully saturated rings. The lowest BCUT2D eigenvalue weighted by molar-refractivity contribution is 0.0292. The molecule has 0 spiro atoms. The monoisotopic (exact) mass is 282 g/mol. The molecule has 0 saturated carbocycles. The van der Waals surface area contributed by atoms with Gasteiger partial charge in [0, 0.05) is 37.0 Å². The summed E-state index contributed by atoms with van der Waals surface area (Å²) in [6.07, 6.45) is 7.25. The van der Waals surface area contributed by atoms with E-state index in [0.29, 0.717) is 0 Å². The molecule has 0 aromatic rings. The summed E-state index contributed by atoms with van der Waals surface area (Å²) in [5, 5.41) is 0.919. The van der Waals surface area contributed by atoms with Crippen LogP contribution in [-0.2, 0) is 0 Å². The first-order chi connectivity index (χ1) is 9.24. The van der Waals surface area contributed by atoms with E-state index in [0.717, 1.165) is 23.3 Å². The van der Waals surface area contributed by atoms with Gasteiger partial charge in [0.05, 0.1) is 0 Å². The van der Waals surface area contributed by atoms with Crippen LogP contribution in [0.25, 0.3) is 0 Å². The van der Waals surface area contributed by atoms with Crippen molar-refractivity contribution in [2.75, 3.05) is 31.9 Å². The number of nitrogens with zero attached hydrogens (tertiary/aromatic N) is 2. The zero-order valence-electron chi connectivity index (χ0n) is 12.7. The molecule has 110 valence electrons. The van der Waals surface area contributed by atoms with Gasteiger partial charge in [-0.05, 0) is 43.9 Å². The predicted molar refractivity (Wildman–Crippen MR) is 84.9 cm³/mol. The van der Waals surface area contributed by atoms with Gasteiger partial charge in [0.1, 0.15) is 0 Å². The van der Waals surface area contributed by atoms with Crippen molar-refractivity contribution in [2.24, 2.45) is 5.92 Å². The van der Waals surface area contributed by atoms with E-state index < -0.39 is 0 Å². The van der Waals surface area contributed by atoms with Crippen LogP contribution in [0.2, 0.25) is 0 Å². The third kappa shape index (κ3) is 3.30. The van der Waals surface area contributed by atoms with Gasteiger partial charge in [-0.1, -0.05) is 20.3 Å². The minimum atomic E-state index is 0.801. The average Bonchev–Trinajstić information content (AvgIpc) is 2.86. The molecule has 3 saturated heterocycles. The average molecular weight is 282 g/mol.